The Bertz CT molecular complexity index is 240. The summed E-state index contributed by atoms with van der Waals surface area (Å²) in [6, 6.07) is 0.793. The molecule has 2 aliphatic rings. The van der Waals surface area contributed by atoms with E-state index < -0.39 is 0 Å². The highest BCUT2D eigenvalue weighted by Gasteiger charge is 2.38. The van der Waals surface area contributed by atoms with E-state index in [4.69, 9.17) is 5.73 Å². The third-order valence-electron chi connectivity index (χ3n) is 4.63. The van der Waals surface area contributed by atoms with Crippen LogP contribution >= 0.6 is 11.8 Å². The molecule has 2 heterocycles. The predicted molar refractivity (Wildman–Crippen MR) is 77.5 cm³/mol. The van der Waals surface area contributed by atoms with E-state index in [2.05, 4.69) is 30.5 Å². The zero-order valence-electron chi connectivity index (χ0n) is 11.5. The summed E-state index contributed by atoms with van der Waals surface area (Å²) in [6.07, 6.45) is 5.37. The molecule has 2 unspecified atom stereocenters. The molecule has 0 aliphatic carbocycles. The molecule has 100 valence electrons. The smallest absolute Gasteiger partial charge is 0.0237 e. The van der Waals surface area contributed by atoms with Gasteiger partial charge in [-0.2, -0.15) is 11.8 Å². The van der Waals surface area contributed by atoms with Crippen molar-refractivity contribution in [1.29, 1.82) is 0 Å². The second kappa shape index (κ2) is 5.94. The minimum absolute atomic E-state index is 0.510. The molecular formula is C14H28N2S. The highest BCUT2D eigenvalue weighted by Crippen LogP contribution is 2.38. The van der Waals surface area contributed by atoms with Crippen molar-refractivity contribution >= 4 is 11.8 Å². The third-order valence-corrected chi connectivity index (χ3v) is 5.68. The van der Waals surface area contributed by atoms with Crippen LogP contribution in [0.1, 0.15) is 39.5 Å². The topological polar surface area (TPSA) is 29.3 Å². The van der Waals surface area contributed by atoms with Gasteiger partial charge in [0, 0.05) is 18.3 Å². The molecule has 2 aliphatic heterocycles. The van der Waals surface area contributed by atoms with Crippen LogP contribution in [0.25, 0.3) is 0 Å². The second-order valence-electron chi connectivity index (χ2n) is 6.41. The van der Waals surface area contributed by atoms with Crippen molar-refractivity contribution in [2.45, 2.75) is 45.6 Å². The van der Waals surface area contributed by atoms with Crippen LogP contribution < -0.4 is 5.73 Å². The fourth-order valence-corrected chi connectivity index (χ4v) is 5.10. The molecule has 0 spiro atoms. The van der Waals surface area contributed by atoms with Gasteiger partial charge in [0.05, 0.1) is 0 Å². The van der Waals surface area contributed by atoms with Gasteiger partial charge in [-0.25, -0.2) is 0 Å². The number of piperidine rings is 1. The zero-order valence-corrected chi connectivity index (χ0v) is 12.3. The van der Waals surface area contributed by atoms with Crippen LogP contribution in [-0.4, -0.2) is 42.1 Å². The fraction of sp³-hybridized carbons (Fsp3) is 1.00. The van der Waals surface area contributed by atoms with Crippen LogP contribution in [-0.2, 0) is 0 Å². The van der Waals surface area contributed by atoms with Crippen molar-refractivity contribution in [3.05, 3.63) is 0 Å². The SMILES string of the molecule is CC1(C)CCSCC1N1CCCC(CCN)C1. The molecule has 0 bridgehead atoms. The molecule has 0 radical (unpaired) electrons. The molecule has 0 aromatic carbocycles. The molecule has 2 atom stereocenters. The maximum Gasteiger partial charge on any atom is 0.0237 e. The summed E-state index contributed by atoms with van der Waals surface area (Å²) in [5.74, 6) is 3.54. The van der Waals surface area contributed by atoms with Crippen molar-refractivity contribution < 1.29 is 0 Å². The standard InChI is InChI=1S/C14H28N2S/c1-14(2)6-9-17-11-13(14)16-8-3-4-12(10-16)5-7-15/h12-13H,3-11,15H2,1-2H3. The van der Waals surface area contributed by atoms with Crippen molar-refractivity contribution in [1.82, 2.24) is 4.90 Å². The van der Waals surface area contributed by atoms with Crippen LogP contribution in [0.15, 0.2) is 0 Å². The molecule has 0 aromatic rings. The van der Waals surface area contributed by atoms with Gasteiger partial charge < -0.3 is 5.73 Å². The molecular weight excluding hydrogens is 228 g/mol. The van der Waals surface area contributed by atoms with E-state index in [0.29, 0.717) is 5.41 Å². The van der Waals surface area contributed by atoms with Gasteiger partial charge in [-0.3, -0.25) is 4.90 Å². The van der Waals surface area contributed by atoms with E-state index >= 15 is 0 Å². The van der Waals surface area contributed by atoms with Crippen LogP contribution in [0.4, 0.5) is 0 Å². The quantitative estimate of drug-likeness (QED) is 0.841. The highest BCUT2D eigenvalue weighted by molar-refractivity contribution is 7.99. The maximum atomic E-state index is 5.71. The Labute approximate surface area is 111 Å². The Morgan fingerprint density at radius 2 is 2.24 bits per heavy atom. The first-order chi connectivity index (χ1) is 8.13. The number of hydrogen-bond donors (Lipinski definition) is 1. The molecule has 0 saturated carbocycles. The molecule has 2 rings (SSSR count). The molecule has 2 saturated heterocycles. The average molecular weight is 256 g/mol. The Kier molecular flexibility index (Phi) is 4.79. The number of nitrogens with zero attached hydrogens (tertiary/aromatic N) is 1. The van der Waals surface area contributed by atoms with Crippen molar-refractivity contribution in [2.75, 3.05) is 31.1 Å². The molecule has 3 heteroatoms. The van der Waals surface area contributed by atoms with Gasteiger partial charge >= 0.3 is 0 Å². The second-order valence-corrected chi connectivity index (χ2v) is 7.56. The number of hydrogen-bond acceptors (Lipinski definition) is 3. The van der Waals surface area contributed by atoms with E-state index in [1.165, 1.54) is 50.3 Å². The van der Waals surface area contributed by atoms with Gasteiger partial charge in [0.15, 0.2) is 0 Å². The maximum absolute atomic E-state index is 5.71. The van der Waals surface area contributed by atoms with Crippen LogP contribution in [0, 0.1) is 11.3 Å². The number of thioether (sulfide) groups is 1. The summed E-state index contributed by atoms with van der Waals surface area (Å²) in [5, 5.41) is 0. The summed E-state index contributed by atoms with van der Waals surface area (Å²) < 4.78 is 0. The summed E-state index contributed by atoms with van der Waals surface area (Å²) in [6.45, 7) is 8.40. The zero-order chi connectivity index (χ0) is 12.3. The molecule has 2 nitrogen and oxygen atoms in total. The molecule has 2 N–H and O–H groups in total. The van der Waals surface area contributed by atoms with Crippen molar-refractivity contribution in [3.63, 3.8) is 0 Å². The predicted octanol–water partition coefficient (Wildman–Crippen LogP) is 2.58. The molecule has 2 fully saturated rings. The Balaban J connectivity index is 1.95. The minimum atomic E-state index is 0.510. The van der Waals surface area contributed by atoms with Crippen molar-refractivity contribution in [2.24, 2.45) is 17.1 Å². The van der Waals surface area contributed by atoms with Crippen LogP contribution in [0.2, 0.25) is 0 Å². The normalized spacial score (nSPS) is 34.8. The highest BCUT2D eigenvalue weighted by atomic mass is 32.2. The third kappa shape index (κ3) is 3.39. The van der Waals surface area contributed by atoms with Crippen LogP contribution in [0.3, 0.4) is 0 Å². The van der Waals surface area contributed by atoms with E-state index in [9.17, 15) is 0 Å². The van der Waals surface area contributed by atoms with E-state index in [1.807, 2.05) is 0 Å². The average Bonchev–Trinajstić information content (AvgIpc) is 2.29. The Morgan fingerprint density at radius 3 is 2.94 bits per heavy atom. The van der Waals surface area contributed by atoms with Crippen LogP contribution in [0.5, 0.6) is 0 Å². The Morgan fingerprint density at radius 1 is 1.41 bits per heavy atom. The summed E-state index contributed by atoms with van der Waals surface area (Å²) in [5.41, 5.74) is 6.22. The van der Waals surface area contributed by atoms with Gasteiger partial charge in [-0.05, 0) is 55.9 Å². The van der Waals surface area contributed by atoms with E-state index in [-0.39, 0.29) is 0 Å². The molecule has 17 heavy (non-hydrogen) atoms. The van der Waals surface area contributed by atoms with E-state index in [1.54, 1.807) is 0 Å². The van der Waals surface area contributed by atoms with Gasteiger partial charge in [-0.1, -0.05) is 13.8 Å². The van der Waals surface area contributed by atoms with Gasteiger partial charge in [0.25, 0.3) is 0 Å². The van der Waals surface area contributed by atoms with Gasteiger partial charge in [-0.15, -0.1) is 0 Å². The molecule has 0 amide bonds. The first-order valence-electron chi connectivity index (χ1n) is 7.15. The lowest BCUT2D eigenvalue weighted by atomic mass is 9.80. The Hall–Kier alpha value is 0.270. The van der Waals surface area contributed by atoms with Gasteiger partial charge in [0.1, 0.15) is 0 Å². The first kappa shape index (κ1) is 13.7. The lowest BCUT2D eigenvalue weighted by molar-refractivity contribution is 0.0561. The summed E-state index contributed by atoms with van der Waals surface area (Å²) in [4.78, 5) is 2.77. The largest absolute Gasteiger partial charge is 0.330 e. The summed E-state index contributed by atoms with van der Waals surface area (Å²) >= 11 is 2.15. The number of rotatable bonds is 3. The first-order valence-corrected chi connectivity index (χ1v) is 8.31. The lowest BCUT2D eigenvalue weighted by Crippen LogP contribution is -2.52. The number of nitrogens with two attached hydrogens (primary N) is 1. The summed E-state index contributed by atoms with van der Waals surface area (Å²) in [7, 11) is 0. The fourth-order valence-electron chi connectivity index (χ4n) is 3.37. The lowest BCUT2D eigenvalue weighted by Gasteiger charge is -2.48. The number of likely N-dealkylation sites (tertiary alicyclic amines) is 1. The van der Waals surface area contributed by atoms with E-state index in [0.717, 1.165) is 18.5 Å². The molecule has 0 aromatic heterocycles. The van der Waals surface area contributed by atoms with Gasteiger partial charge in [0.2, 0.25) is 0 Å². The monoisotopic (exact) mass is 256 g/mol. The minimum Gasteiger partial charge on any atom is -0.330 e. The van der Waals surface area contributed by atoms with Crippen molar-refractivity contribution in [3.8, 4) is 0 Å².